The van der Waals surface area contributed by atoms with Crippen LogP contribution in [-0.2, 0) is 10.0 Å². The molecular weight excluding hydrogens is 276 g/mol. The van der Waals surface area contributed by atoms with Gasteiger partial charge >= 0.3 is 0 Å². The van der Waals surface area contributed by atoms with Gasteiger partial charge in [0.05, 0.1) is 11.9 Å². The van der Waals surface area contributed by atoms with Gasteiger partial charge in [-0.2, -0.15) is 0 Å². The van der Waals surface area contributed by atoms with Gasteiger partial charge in [0.15, 0.2) is 5.82 Å². The first-order chi connectivity index (χ1) is 8.49. The van der Waals surface area contributed by atoms with Crippen molar-refractivity contribution in [2.24, 2.45) is 0 Å². The van der Waals surface area contributed by atoms with Gasteiger partial charge in [-0.1, -0.05) is 11.6 Å². The number of nitrogen functional groups attached to an aromatic ring is 1. The minimum Gasteiger partial charge on any atom is -0.398 e. The van der Waals surface area contributed by atoms with Gasteiger partial charge in [-0.05, 0) is 18.2 Å². The van der Waals surface area contributed by atoms with Crippen LogP contribution in [0.2, 0.25) is 5.02 Å². The Morgan fingerprint density at radius 2 is 2.06 bits per heavy atom. The number of aromatic nitrogens is 2. The quantitative estimate of drug-likeness (QED) is 0.833. The monoisotopic (exact) mass is 284 g/mol. The van der Waals surface area contributed by atoms with Crippen LogP contribution in [0.1, 0.15) is 0 Å². The molecule has 8 heteroatoms. The molecule has 0 aliphatic rings. The lowest BCUT2D eigenvalue weighted by atomic mass is 10.3. The molecule has 0 atom stereocenters. The zero-order valence-electron chi connectivity index (χ0n) is 9.04. The summed E-state index contributed by atoms with van der Waals surface area (Å²) < 4.78 is 26.3. The maximum atomic E-state index is 12.0. The van der Waals surface area contributed by atoms with Crippen molar-refractivity contribution >= 4 is 33.1 Å². The third-order valence-electron chi connectivity index (χ3n) is 2.06. The maximum Gasteiger partial charge on any atom is 0.265 e. The summed E-state index contributed by atoms with van der Waals surface area (Å²) in [6.07, 6.45) is 4.11. The molecule has 0 radical (unpaired) electrons. The Balaban J connectivity index is 2.37. The second kappa shape index (κ2) is 4.79. The van der Waals surface area contributed by atoms with Crippen LogP contribution in [0.3, 0.4) is 0 Å². The summed E-state index contributed by atoms with van der Waals surface area (Å²) in [5.41, 5.74) is 5.69. The lowest BCUT2D eigenvalue weighted by molar-refractivity contribution is 0.601. The van der Waals surface area contributed by atoms with E-state index < -0.39 is 10.0 Å². The molecule has 1 heterocycles. The molecule has 6 nitrogen and oxygen atoms in total. The molecule has 18 heavy (non-hydrogen) atoms. The largest absolute Gasteiger partial charge is 0.398 e. The number of benzene rings is 1. The van der Waals surface area contributed by atoms with Crippen molar-refractivity contribution in [2.75, 3.05) is 10.5 Å². The van der Waals surface area contributed by atoms with Gasteiger partial charge in [0.2, 0.25) is 0 Å². The highest BCUT2D eigenvalue weighted by Gasteiger charge is 2.18. The number of halogens is 1. The van der Waals surface area contributed by atoms with E-state index in [4.69, 9.17) is 17.3 Å². The molecule has 2 aromatic rings. The van der Waals surface area contributed by atoms with E-state index in [2.05, 4.69) is 14.7 Å². The van der Waals surface area contributed by atoms with Gasteiger partial charge in [0.25, 0.3) is 10.0 Å². The Labute approximate surface area is 109 Å². The average molecular weight is 285 g/mol. The van der Waals surface area contributed by atoms with E-state index in [0.29, 0.717) is 5.02 Å². The van der Waals surface area contributed by atoms with Gasteiger partial charge in [-0.15, -0.1) is 0 Å². The minimum atomic E-state index is -3.80. The fraction of sp³-hybridized carbons (Fsp3) is 0. The van der Waals surface area contributed by atoms with E-state index in [1.165, 1.54) is 36.8 Å². The van der Waals surface area contributed by atoms with E-state index in [-0.39, 0.29) is 16.4 Å². The van der Waals surface area contributed by atoms with Crippen molar-refractivity contribution in [3.63, 3.8) is 0 Å². The summed E-state index contributed by atoms with van der Waals surface area (Å²) in [7, 11) is -3.80. The van der Waals surface area contributed by atoms with Gasteiger partial charge in [0, 0.05) is 17.4 Å². The second-order valence-corrected chi connectivity index (χ2v) is 5.47. The van der Waals surface area contributed by atoms with Gasteiger partial charge in [0.1, 0.15) is 4.90 Å². The molecule has 0 amide bonds. The lowest BCUT2D eigenvalue weighted by Crippen LogP contribution is -2.15. The molecule has 2 rings (SSSR count). The molecule has 0 aliphatic heterocycles. The molecular formula is C10H9ClN4O2S. The van der Waals surface area contributed by atoms with Crippen LogP contribution in [-0.4, -0.2) is 18.4 Å². The summed E-state index contributed by atoms with van der Waals surface area (Å²) in [5, 5.41) is 0.367. The summed E-state index contributed by atoms with van der Waals surface area (Å²) in [5.74, 6) is 0.117. The zero-order valence-corrected chi connectivity index (χ0v) is 10.6. The number of nitrogens with two attached hydrogens (primary N) is 1. The smallest absolute Gasteiger partial charge is 0.265 e. The Bertz CT molecular complexity index is 661. The SMILES string of the molecule is Nc1cc(Cl)ccc1S(=O)(=O)Nc1cnccn1. The Morgan fingerprint density at radius 1 is 1.28 bits per heavy atom. The molecule has 0 spiro atoms. The summed E-state index contributed by atoms with van der Waals surface area (Å²) >= 11 is 5.71. The van der Waals surface area contributed by atoms with E-state index >= 15 is 0 Å². The zero-order chi connectivity index (χ0) is 13.2. The molecule has 0 fully saturated rings. The molecule has 1 aromatic carbocycles. The highest BCUT2D eigenvalue weighted by atomic mass is 35.5. The van der Waals surface area contributed by atoms with Crippen molar-refractivity contribution < 1.29 is 8.42 Å². The Morgan fingerprint density at radius 3 is 2.67 bits per heavy atom. The highest BCUT2D eigenvalue weighted by molar-refractivity contribution is 7.92. The highest BCUT2D eigenvalue weighted by Crippen LogP contribution is 2.23. The normalized spacial score (nSPS) is 11.2. The summed E-state index contributed by atoms with van der Waals surface area (Å²) in [4.78, 5) is 7.52. The van der Waals surface area contributed by atoms with Crippen molar-refractivity contribution in [1.82, 2.24) is 9.97 Å². The third kappa shape index (κ3) is 2.69. The first kappa shape index (κ1) is 12.6. The van der Waals surface area contributed by atoms with Crippen LogP contribution in [0.15, 0.2) is 41.7 Å². The lowest BCUT2D eigenvalue weighted by Gasteiger charge is -2.09. The Hall–Kier alpha value is -1.86. The molecule has 0 unspecified atom stereocenters. The van der Waals surface area contributed by atoms with E-state index in [1.807, 2.05) is 0 Å². The fourth-order valence-corrected chi connectivity index (χ4v) is 2.60. The minimum absolute atomic E-state index is 0.0578. The number of nitrogens with zero attached hydrogens (tertiary/aromatic N) is 2. The number of nitrogens with one attached hydrogen (secondary N) is 1. The van der Waals surface area contributed by atoms with Crippen LogP contribution in [0.25, 0.3) is 0 Å². The van der Waals surface area contributed by atoms with Crippen LogP contribution >= 0.6 is 11.6 Å². The molecule has 0 bridgehead atoms. The van der Waals surface area contributed by atoms with E-state index in [0.717, 1.165) is 0 Å². The van der Waals surface area contributed by atoms with Crippen molar-refractivity contribution in [2.45, 2.75) is 4.90 Å². The third-order valence-corrected chi connectivity index (χ3v) is 3.73. The molecule has 3 N–H and O–H groups in total. The van der Waals surface area contributed by atoms with Crippen molar-refractivity contribution in [1.29, 1.82) is 0 Å². The number of sulfonamides is 1. The molecule has 0 saturated heterocycles. The molecule has 1 aromatic heterocycles. The van der Waals surface area contributed by atoms with E-state index in [9.17, 15) is 8.42 Å². The van der Waals surface area contributed by atoms with Crippen molar-refractivity contribution in [3.05, 3.63) is 41.8 Å². The molecule has 0 aliphatic carbocycles. The molecule has 0 saturated carbocycles. The summed E-state index contributed by atoms with van der Waals surface area (Å²) in [6.45, 7) is 0. The second-order valence-electron chi connectivity index (χ2n) is 3.38. The average Bonchev–Trinajstić information content (AvgIpc) is 2.29. The number of rotatable bonds is 3. The van der Waals surface area contributed by atoms with Crippen LogP contribution in [0.4, 0.5) is 11.5 Å². The predicted molar refractivity (Wildman–Crippen MR) is 68.7 cm³/mol. The molecule has 94 valence electrons. The maximum absolute atomic E-state index is 12.0. The number of hydrogen-bond donors (Lipinski definition) is 2. The van der Waals surface area contributed by atoms with E-state index in [1.54, 1.807) is 0 Å². The van der Waals surface area contributed by atoms with Gasteiger partial charge in [-0.3, -0.25) is 9.71 Å². The van der Waals surface area contributed by atoms with Crippen molar-refractivity contribution in [3.8, 4) is 0 Å². The summed E-state index contributed by atoms with van der Waals surface area (Å²) in [6, 6.07) is 4.15. The predicted octanol–water partition coefficient (Wildman–Crippen LogP) is 1.51. The van der Waals surface area contributed by atoms with Gasteiger partial charge < -0.3 is 5.73 Å². The number of anilines is 2. The first-order valence-electron chi connectivity index (χ1n) is 4.83. The van der Waals surface area contributed by atoms with Crippen LogP contribution < -0.4 is 10.5 Å². The number of hydrogen-bond acceptors (Lipinski definition) is 5. The standard InChI is InChI=1S/C10H9ClN4O2S/c11-7-1-2-9(8(12)5-7)18(16,17)15-10-6-13-3-4-14-10/h1-6H,12H2,(H,14,15). The Kier molecular flexibility index (Phi) is 3.35. The fourth-order valence-electron chi connectivity index (χ4n) is 1.31. The van der Waals surface area contributed by atoms with Crippen LogP contribution in [0.5, 0.6) is 0 Å². The van der Waals surface area contributed by atoms with Crippen LogP contribution in [0, 0.1) is 0 Å². The van der Waals surface area contributed by atoms with Gasteiger partial charge in [-0.25, -0.2) is 13.4 Å². The first-order valence-corrected chi connectivity index (χ1v) is 6.69. The topological polar surface area (TPSA) is 98.0 Å².